The van der Waals surface area contributed by atoms with Crippen LogP contribution in [0.1, 0.15) is 0 Å². The Morgan fingerprint density at radius 3 is 1.38 bits per heavy atom. The number of fused-ring (bicyclic) bond motifs is 2. The van der Waals surface area contributed by atoms with Gasteiger partial charge < -0.3 is 4.90 Å². The highest BCUT2D eigenvalue weighted by molar-refractivity contribution is 9.11. The minimum Gasteiger partial charge on any atom is -0.304 e. The highest BCUT2D eigenvalue weighted by atomic mass is 79.9. The molecule has 0 heterocycles. The summed E-state index contributed by atoms with van der Waals surface area (Å²) in [6.45, 7) is 0. The molecular formula is C26H12Br2Cl2F3N. The van der Waals surface area contributed by atoms with Gasteiger partial charge in [0.05, 0.1) is 17.1 Å². The quantitative estimate of drug-likeness (QED) is 0.142. The molecule has 0 bridgehead atoms. The van der Waals surface area contributed by atoms with Crippen molar-refractivity contribution in [3.8, 4) is 0 Å². The molecule has 5 aromatic carbocycles. The third-order valence-electron chi connectivity index (χ3n) is 5.56. The highest BCUT2D eigenvalue weighted by Crippen LogP contribution is 2.53. The number of hydrogen-bond acceptors (Lipinski definition) is 1. The van der Waals surface area contributed by atoms with Crippen molar-refractivity contribution < 1.29 is 13.2 Å². The first kappa shape index (κ1) is 23.5. The SMILES string of the molecule is Fc1c(F)c(Cl)c(N(c2c(Br)ccc3ccccc23)c2c(Br)ccc3ccccc23)c(Cl)c1F. The van der Waals surface area contributed by atoms with Crippen LogP contribution in [0.2, 0.25) is 10.0 Å². The van der Waals surface area contributed by atoms with Gasteiger partial charge in [-0.2, -0.15) is 0 Å². The molecular weight excluding hydrogens is 614 g/mol. The lowest BCUT2D eigenvalue weighted by molar-refractivity contribution is 0.448. The molecule has 0 radical (unpaired) electrons. The summed E-state index contributed by atoms with van der Waals surface area (Å²) in [6, 6.07) is 22.5. The molecule has 0 saturated carbocycles. The number of hydrogen-bond donors (Lipinski definition) is 0. The van der Waals surface area contributed by atoms with Crippen LogP contribution in [-0.2, 0) is 0 Å². The molecule has 0 aliphatic carbocycles. The molecule has 1 nitrogen and oxygen atoms in total. The van der Waals surface area contributed by atoms with Crippen LogP contribution in [0, 0.1) is 17.5 Å². The van der Waals surface area contributed by atoms with E-state index in [4.69, 9.17) is 23.2 Å². The fourth-order valence-corrected chi connectivity index (χ4v) is 5.66. The fraction of sp³-hybridized carbons (Fsp3) is 0. The normalized spacial score (nSPS) is 11.4. The lowest BCUT2D eigenvalue weighted by Crippen LogP contribution is -2.15. The van der Waals surface area contributed by atoms with E-state index in [2.05, 4.69) is 31.9 Å². The Balaban J connectivity index is 2.02. The van der Waals surface area contributed by atoms with Crippen LogP contribution in [0.3, 0.4) is 0 Å². The van der Waals surface area contributed by atoms with Crippen molar-refractivity contribution in [3.05, 3.63) is 109 Å². The Labute approximate surface area is 220 Å². The van der Waals surface area contributed by atoms with Gasteiger partial charge in [-0.15, -0.1) is 0 Å². The van der Waals surface area contributed by atoms with E-state index in [0.29, 0.717) is 20.3 Å². The molecule has 8 heteroatoms. The minimum absolute atomic E-state index is 0.214. The van der Waals surface area contributed by atoms with Crippen LogP contribution in [-0.4, -0.2) is 0 Å². The zero-order valence-electron chi connectivity index (χ0n) is 17.0. The average molecular weight is 626 g/mol. The molecule has 170 valence electrons. The summed E-state index contributed by atoms with van der Waals surface area (Å²) >= 11 is 19.9. The minimum atomic E-state index is -1.73. The van der Waals surface area contributed by atoms with E-state index in [0.717, 1.165) is 21.5 Å². The van der Waals surface area contributed by atoms with Gasteiger partial charge >= 0.3 is 0 Å². The van der Waals surface area contributed by atoms with Crippen molar-refractivity contribution in [2.45, 2.75) is 0 Å². The first-order valence-electron chi connectivity index (χ1n) is 9.97. The van der Waals surface area contributed by atoms with Crippen LogP contribution in [0.15, 0.2) is 81.7 Å². The van der Waals surface area contributed by atoms with Gasteiger partial charge in [0.25, 0.3) is 0 Å². The molecule has 0 unspecified atom stereocenters. The van der Waals surface area contributed by atoms with E-state index in [9.17, 15) is 13.2 Å². The summed E-state index contributed by atoms with van der Waals surface area (Å²) in [5.74, 6) is -4.76. The van der Waals surface area contributed by atoms with Crippen LogP contribution < -0.4 is 4.90 Å². The van der Waals surface area contributed by atoms with Crippen LogP contribution in [0.5, 0.6) is 0 Å². The topological polar surface area (TPSA) is 3.24 Å². The summed E-state index contributed by atoms with van der Waals surface area (Å²) < 4.78 is 45.0. The number of anilines is 3. The molecule has 0 N–H and O–H groups in total. The molecule has 0 amide bonds. The van der Waals surface area contributed by atoms with Crippen molar-refractivity contribution >= 4 is 93.7 Å². The molecule has 0 spiro atoms. The maximum Gasteiger partial charge on any atom is 0.197 e. The lowest BCUT2D eigenvalue weighted by Gasteiger charge is -2.31. The monoisotopic (exact) mass is 623 g/mol. The summed E-state index contributed by atoms with van der Waals surface area (Å²) in [4.78, 5) is 1.56. The number of rotatable bonds is 3. The average Bonchev–Trinajstić information content (AvgIpc) is 2.85. The maximum atomic E-state index is 14.8. The Bertz CT molecular complexity index is 1490. The van der Waals surface area contributed by atoms with Crippen molar-refractivity contribution in [2.24, 2.45) is 0 Å². The van der Waals surface area contributed by atoms with Crippen molar-refractivity contribution in [1.29, 1.82) is 0 Å². The van der Waals surface area contributed by atoms with E-state index >= 15 is 0 Å². The van der Waals surface area contributed by atoms with Crippen molar-refractivity contribution in [1.82, 2.24) is 0 Å². The number of halogens is 7. The summed E-state index contributed by atoms with van der Waals surface area (Å²) in [5.41, 5.74) is 0.850. The zero-order chi connectivity index (χ0) is 24.1. The first-order valence-corrected chi connectivity index (χ1v) is 12.3. The van der Waals surface area contributed by atoms with Gasteiger partial charge in [0.15, 0.2) is 17.5 Å². The van der Waals surface area contributed by atoms with Gasteiger partial charge in [-0.3, -0.25) is 0 Å². The predicted octanol–water partition coefficient (Wildman–Crippen LogP) is 10.7. The third-order valence-corrected chi connectivity index (χ3v) is 7.53. The van der Waals surface area contributed by atoms with E-state index in [1.165, 1.54) is 0 Å². The third kappa shape index (κ3) is 3.68. The van der Waals surface area contributed by atoms with E-state index in [1.807, 2.05) is 72.8 Å². The van der Waals surface area contributed by atoms with E-state index in [-0.39, 0.29) is 5.69 Å². The van der Waals surface area contributed by atoms with E-state index < -0.39 is 27.5 Å². The smallest absolute Gasteiger partial charge is 0.197 e. The Morgan fingerprint density at radius 1 is 0.529 bits per heavy atom. The molecule has 0 aliphatic rings. The van der Waals surface area contributed by atoms with Gasteiger partial charge in [-0.1, -0.05) is 83.9 Å². The van der Waals surface area contributed by atoms with Crippen LogP contribution in [0.4, 0.5) is 30.2 Å². The lowest BCUT2D eigenvalue weighted by atomic mass is 10.0. The Morgan fingerprint density at radius 2 is 0.941 bits per heavy atom. The molecule has 0 fully saturated rings. The fourth-order valence-electron chi connectivity index (χ4n) is 4.04. The second-order valence-corrected chi connectivity index (χ2v) is 9.95. The zero-order valence-corrected chi connectivity index (χ0v) is 21.7. The molecule has 5 aromatic rings. The maximum absolute atomic E-state index is 14.8. The number of nitrogens with zero attached hydrogens (tertiary/aromatic N) is 1. The molecule has 0 atom stereocenters. The van der Waals surface area contributed by atoms with Gasteiger partial charge in [0, 0.05) is 19.7 Å². The van der Waals surface area contributed by atoms with Crippen LogP contribution >= 0.6 is 55.1 Å². The predicted molar refractivity (Wildman–Crippen MR) is 141 cm³/mol. The summed E-state index contributed by atoms with van der Waals surface area (Å²) in [7, 11) is 0. The Hall–Kier alpha value is -2.25. The molecule has 0 saturated heterocycles. The molecule has 5 rings (SSSR count). The van der Waals surface area contributed by atoms with Gasteiger partial charge in [0.2, 0.25) is 0 Å². The van der Waals surface area contributed by atoms with Crippen molar-refractivity contribution in [2.75, 3.05) is 4.90 Å². The van der Waals surface area contributed by atoms with Crippen LogP contribution in [0.25, 0.3) is 21.5 Å². The Kier molecular flexibility index (Phi) is 6.27. The summed E-state index contributed by atoms with van der Waals surface area (Å²) in [5, 5.41) is 1.99. The molecule has 34 heavy (non-hydrogen) atoms. The van der Waals surface area contributed by atoms with Gasteiger partial charge in [-0.05, 0) is 54.8 Å². The molecule has 0 aromatic heterocycles. The summed E-state index contributed by atoms with van der Waals surface area (Å²) in [6.07, 6.45) is 0. The largest absolute Gasteiger partial charge is 0.304 e. The number of benzene rings is 5. The second kappa shape index (κ2) is 9.08. The van der Waals surface area contributed by atoms with Crippen molar-refractivity contribution in [3.63, 3.8) is 0 Å². The van der Waals surface area contributed by atoms with Gasteiger partial charge in [0.1, 0.15) is 10.0 Å². The first-order chi connectivity index (χ1) is 16.3. The van der Waals surface area contributed by atoms with Gasteiger partial charge in [-0.25, -0.2) is 13.2 Å². The molecule has 0 aliphatic heterocycles. The van der Waals surface area contributed by atoms with E-state index in [1.54, 1.807) is 4.90 Å². The highest BCUT2D eigenvalue weighted by Gasteiger charge is 2.31. The second-order valence-electron chi connectivity index (χ2n) is 7.49. The standard InChI is InChI=1S/C26H12Br2Cl2F3N/c27-17-11-9-13-5-1-3-7-15(13)24(17)34(26-19(29)21(31)23(33)22(32)20(26)30)25-16-8-4-2-6-14(16)10-12-18(25)28/h1-12H.